The van der Waals surface area contributed by atoms with Crippen LogP contribution in [0.2, 0.25) is 0 Å². The predicted molar refractivity (Wildman–Crippen MR) is 88.3 cm³/mol. The van der Waals surface area contributed by atoms with E-state index >= 15 is 0 Å². The molecule has 0 saturated heterocycles. The lowest BCUT2D eigenvalue weighted by Gasteiger charge is -2.11. The number of para-hydroxylation sites is 1. The Hall–Kier alpha value is -3.02. The number of carbonyl (C=O) groups excluding carboxylic acids is 1. The fourth-order valence-corrected chi connectivity index (χ4v) is 2.24. The number of rotatable bonds is 4. The fraction of sp³-hybridized carbons (Fsp3) is 0.176. The molecule has 1 heterocycles. The van der Waals surface area contributed by atoms with Crippen molar-refractivity contribution < 1.29 is 9.53 Å². The summed E-state index contributed by atoms with van der Waals surface area (Å²) in [6.07, 6.45) is 0. The van der Waals surface area contributed by atoms with Crippen LogP contribution in [0, 0.1) is 0 Å². The number of hydrogen-bond acceptors (Lipinski definition) is 5. The van der Waals surface area contributed by atoms with E-state index < -0.39 is 6.04 Å². The highest BCUT2D eigenvalue weighted by atomic mass is 16.5. The highest BCUT2D eigenvalue weighted by molar-refractivity contribution is 6.18. The number of amides is 1. The van der Waals surface area contributed by atoms with Crippen molar-refractivity contribution in [1.82, 2.24) is 0 Å². The van der Waals surface area contributed by atoms with Crippen LogP contribution in [0.15, 0.2) is 69.9 Å². The van der Waals surface area contributed by atoms with Gasteiger partial charge in [-0.3, -0.25) is 4.79 Å². The molecule has 0 N–H and O–H groups in total. The quantitative estimate of drug-likeness (QED) is 0.810. The second-order valence-corrected chi connectivity index (χ2v) is 5.05. The van der Waals surface area contributed by atoms with Gasteiger partial charge in [-0.25, -0.2) is 0 Å². The molecule has 23 heavy (non-hydrogen) atoms. The van der Waals surface area contributed by atoms with E-state index in [9.17, 15) is 4.79 Å². The van der Waals surface area contributed by atoms with Crippen molar-refractivity contribution in [2.24, 2.45) is 15.3 Å². The number of anilines is 1. The average molecular weight is 308 g/mol. The van der Waals surface area contributed by atoms with Gasteiger partial charge in [-0.05, 0) is 31.2 Å². The van der Waals surface area contributed by atoms with Crippen molar-refractivity contribution in [3.8, 4) is 5.75 Å². The number of hydrazone groups is 1. The highest BCUT2D eigenvalue weighted by Crippen LogP contribution is 2.24. The van der Waals surface area contributed by atoms with Gasteiger partial charge < -0.3 is 4.74 Å². The average Bonchev–Trinajstić information content (AvgIpc) is 2.88. The number of hydrogen-bond donors (Lipinski definition) is 0. The van der Waals surface area contributed by atoms with Gasteiger partial charge in [-0.15, -0.1) is 0 Å². The molecule has 0 radical (unpaired) electrons. The van der Waals surface area contributed by atoms with Crippen molar-refractivity contribution >= 4 is 23.0 Å². The molecule has 0 aromatic heterocycles. The number of ether oxygens (including phenoxy) is 1. The van der Waals surface area contributed by atoms with Gasteiger partial charge in [-0.2, -0.15) is 20.3 Å². The zero-order valence-corrected chi connectivity index (χ0v) is 12.9. The molecule has 3 rings (SSSR count). The molecule has 2 aromatic rings. The van der Waals surface area contributed by atoms with E-state index in [1.54, 1.807) is 26.2 Å². The Balaban J connectivity index is 1.80. The second-order valence-electron chi connectivity index (χ2n) is 5.05. The van der Waals surface area contributed by atoms with Crippen LogP contribution in [-0.2, 0) is 4.79 Å². The number of nitrogens with zero attached hydrogens (tertiary/aromatic N) is 4. The first-order chi connectivity index (χ1) is 11.2. The monoisotopic (exact) mass is 308 g/mol. The smallest absolute Gasteiger partial charge is 0.280 e. The Morgan fingerprint density at radius 3 is 2.65 bits per heavy atom. The molecule has 0 saturated carbocycles. The standard InChI is InChI=1S/C17H16N4O2/c1-12-16(19-18-13-7-6-10-15(11-13)23-2)17(22)21(20-12)14-8-4-3-5-9-14/h3-11,16H,1-2H3/t16-/m1/s1. The summed E-state index contributed by atoms with van der Waals surface area (Å²) in [5, 5.41) is 14.0. The number of azo groups is 1. The summed E-state index contributed by atoms with van der Waals surface area (Å²) in [7, 11) is 1.59. The third kappa shape index (κ3) is 3.11. The maximum Gasteiger partial charge on any atom is 0.280 e. The molecule has 1 aliphatic heterocycles. The first-order valence-corrected chi connectivity index (χ1v) is 7.18. The zero-order chi connectivity index (χ0) is 16.2. The molecule has 6 heteroatoms. The zero-order valence-electron chi connectivity index (χ0n) is 12.9. The van der Waals surface area contributed by atoms with Crippen molar-refractivity contribution in [1.29, 1.82) is 0 Å². The van der Waals surface area contributed by atoms with Crippen LogP contribution in [0.4, 0.5) is 11.4 Å². The van der Waals surface area contributed by atoms with Gasteiger partial charge in [-0.1, -0.05) is 24.3 Å². The molecule has 0 aliphatic carbocycles. The van der Waals surface area contributed by atoms with E-state index in [4.69, 9.17) is 4.74 Å². The molecule has 6 nitrogen and oxygen atoms in total. The molecule has 0 fully saturated rings. The van der Waals surface area contributed by atoms with Crippen LogP contribution in [0.5, 0.6) is 5.75 Å². The van der Waals surface area contributed by atoms with Crippen molar-refractivity contribution in [2.75, 3.05) is 12.1 Å². The number of methoxy groups -OCH3 is 1. The minimum atomic E-state index is -0.693. The van der Waals surface area contributed by atoms with Crippen molar-refractivity contribution in [2.45, 2.75) is 13.0 Å². The van der Waals surface area contributed by atoms with E-state index in [1.165, 1.54) is 5.01 Å². The molecule has 1 amide bonds. The van der Waals surface area contributed by atoms with Gasteiger partial charge in [0.05, 0.1) is 24.2 Å². The lowest BCUT2D eigenvalue weighted by atomic mass is 10.2. The molecule has 116 valence electrons. The molecule has 0 unspecified atom stereocenters. The molecule has 0 spiro atoms. The molecule has 1 aliphatic rings. The summed E-state index contributed by atoms with van der Waals surface area (Å²) in [6.45, 7) is 1.77. The van der Waals surface area contributed by atoms with E-state index in [-0.39, 0.29) is 5.91 Å². The minimum absolute atomic E-state index is 0.208. The summed E-state index contributed by atoms with van der Waals surface area (Å²) in [5.74, 6) is 0.482. The topological polar surface area (TPSA) is 66.6 Å². The molecular weight excluding hydrogens is 292 g/mol. The van der Waals surface area contributed by atoms with E-state index in [0.29, 0.717) is 17.1 Å². The van der Waals surface area contributed by atoms with Crippen LogP contribution in [0.1, 0.15) is 6.92 Å². The van der Waals surface area contributed by atoms with Crippen LogP contribution < -0.4 is 9.75 Å². The summed E-state index contributed by atoms with van der Waals surface area (Å²) >= 11 is 0. The minimum Gasteiger partial charge on any atom is -0.497 e. The number of benzene rings is 2. The Kier molecular flexibility index (Phi) is 4.14. The largest absolute Gasteiger partial charge is 0.497 e. The maximum atomic E-state index is 12.5. The normalized spacial score (nSPS) is 17.7. The van der Waals surface area contributed by atoms with Gasteiger partial charge in [0.2, 0.25) is 0 Å². The third-order valence-corrected chi connectivity index (χ3v) is 3.44. The van der Waals surface area contributed by atoms with E-state index in [2.05, 4.69) is 15.3 Å². The first-order valence-electron chi connectivity index (χ1n) is 7.18. The van der Waals surface area contributed by atoms with Gasteiger partial charge in [0.15, 0.2) is 6.04 Å². The van der Waals surface area contributed by atoms with Crippen LogP contribution >= 0.6 is 0 Å². The summed E-state index contributed by atoms with van der Waals surface area (Å²) < 4.78 is 5.14. The third-order valence-electron chi connectivity index (χ3n) is 3.44. The Morgan fingerprint density at radius 1 is 1.13 bits per heavy atom. The molecule has 0 bridgehead atoms. The summed E-state index contributed by atoms with van der Waals surface area (Å²) in [5.41, 5.74) is 1.96. The van der Waals surface area contributed by atoms with Crippen LogP contribution in [-0.4, -0.2) is 24.8 Å². The maximum absolute atomic E-state index is 12.5. The van der Waals surface area contributed by atoms with Gasteiger partial charge >= 0.3 is 0 Å². The van der Waals surface area contributed by atoms with Gasteiger partial charge in [0, 0.05) is 6.07 Å². The van der Waals surface area contributed by atoms with Gasteiger partial charge in [0.1, 0.15) is 5.75 Å². The number of carbonyl (C=O) groups is 1. The van der Waals surface area contributed by atoms with Crippen molar-refractivity contribution in [3.63, 3.8) is 0 Å². The molecule has 2 aromatic carbocycles. The SMILES string of the molecule is COc1cccc(N=N[C@H]2C(=O)N(c3ccccc3)N=C2C)c1. The second kappa shape index (κ2) is 6.39. The van der Waals surface area contributed by atoms with E-state index in [0.717, 1.165) is 5.69 Å². The molecule has 1 atom stereocenters. The van der Waals surface area contributed by atoms with Crippen molar-refractivity contribution in [3.05, 3.63) is 54.6 Å². The van der Waals surface area contributed by atoms with E-state index in [1.807, 2.05) is 42.5 Å². The Bertz CT molecular complexity index is 771. The fourth-order valence-electron chi connectivity index (χ4n) is 2.24. The summed E-state index contributed by atoms with van der Waals surface area (Å²) in [6, 6.07) is 15.8. The van der Waals surface area contributed by atoms with Crippen LogP contribution in [0.3, 0.4) is 0 Å². The van der Waals surface area contributed by atoms with Gasteiger partial charge in [0.25, 0.3) is 5.91 Å². The first kappa shape index (κ1) is 14.9. The lowest BCUT2D eigenvalue weighted by Crippen LogP contribution is -2.29. The molecular formula is C17H16N4O2. The summed E-state index contributed by atoms with van der Waals surface area (Å²) in [4.78, 5) is 12.5. The predicted octanol–water partition coefficient (Wildman–Crippen LogP) is 3.57. The Morgan fingerprint density at radius 2 is 1.91 bits per heavy atom. The Labute approximate surface area is 134 Å². The van der Waals surface area contributed by atoms with Crippen LogP contribution in [0.25, 0.3) is 0 Å². The highest BCUT2D eigenvalue weighted by Gasteiger charge is 2.34. The lowest BCUT2D eigenvalue weighted by molar-refractivity contribution is -0.117.